The number of esters is 1. The summed E-state index contributed by atoms with van der Waals surface area (Å²) in [7, 11) is 0. The fourth-order valence-electron chi connectivity index (χ4n) is 2.72. The third kappa shape index (κ3) is 6.51. The van der Waals surface area contributed by atoms with Crippen LogP contribution < -0.4 is 0 Å². The van der Waals surface area contributed by atoms with Crippen LogP contribution in [0.5, 0.6) is 0 Å². The molecule has 2 aliphatic rings. The van der Waals surface area contributed by atoms with Crippen molar-refractivity contribution in [1.82, 2.24) is 0 Å². The van der Waals surface area contributed by atoms with Gasteiger partial charge in [0, 0.05) is 5.57 Å². The molecule has 27 heavy (non-hydrogen) atoms. The van der Waals surface area contributed by atoms with E-state index < -0.39 is 5.97 Å². The first-order chi connectivity index (χ1) is 12.9. The van der Waals surface area contributed by atoms with Gasteiger partial charge in [-0.15, -0.1) is 0 Å². The number of carbonyl (C=O) groups excluding carboxylic acids is 2. The summed E-state index contributed by atoms with van der Waals surface area (Å²) >= 11 is 0. The van der Waals surface area contributed by atoms with Crippen LogP contribution in [-0.4, -0.2) is 82.4 Å². The van der Waals surface area contributed by atoms with E-state index in [4.69, 9.17) is 28.4 Å². The van der Waals surface area contributed by atoms with E-state index in [9.17, 15) is 9.59 Å². The maximum atomic E-state index is 11.4. The number of fused-ring (bicyclic) bond motifs is 1. The molecule has 2 fully saturated rings. The van der Waals surface area contributed by atoms with Crippen LogP contribution >= 0.6 is 0 Å². The van der Waals surface area contributed by atoms with Crippen molar-refractivity contribution in [2.45, 2.75) is 38.3 Å². The van der Waals surface area contributed by atoms with Gasteiger partial charge < -0.3 is 28.4 Å². The topological polar surface area (TPSA) is 89.5 Å². The minimum Gasteiger partial charge on any atom is -0.460 e. The van der Waals surface area contributed by atoms with Gasteiger partial charge in [0.2, 0.25) is 0 Å². The second-order valence-electron chi connectivity index (χ2n) is 6.59. The molecule has 0 saturated carbocycles. The molecular formula is C19H28O8. The van der Waals surface area contributed by atoms with Gasteiger partial charge in [-0.3, -0.25) is 4.79 Å². The van der Waals surface area contributed by atoms with Gasteiger partial charge in [0.1, 0.15) is 37.6 Å². The molecular weight excluding hydrogens is 356 g/mol. The summed E-state index contributed by atoms with van der Waals surface area (Å²) in [6.07, 6.45) is -0.843. The zero-order chi connectivity index (χ0) is 19.8. The lowest BCUT2D eigenvalue weighted by molar-refractivity contribution is -0.141. The van der Waals surface area contributed by atoms with Gasteiger partial charge in [0.05, 0.1) is 33.0 Å². The molecule has 8 nitrogen and oxygen atoms in total. The SMILES string of the molecule is C=C(C)C(=O)COCCO[C@@H]1CO[C@H]2[C@@H]1OC[C@@H]2OCCOC(=O)C(=C)C. The number of rotatable bonds is 12. The fourth-order valence-corrected chi connectivity index (χ4v) is 2.72. The predicted molar refractivity (Wildman–Crippen MR) is 95.4 cm³/mol. The normalized spacial score (nSPS) is 26.6. The first kappa shape index (κ1) is 21.7. The molecule has 0 aromatic heterocycles. The first-order valence-corrected chi connectivity index (χ1v) is 8.95. The van der Waals surface area contributed by atoms with Gasteiger partial charge in [-0.25, -0.2) is 4.79 Å². The number of ketones is 1. The zero-order valence-corrected chi connectivity index (χ0v) is 15.9. The Hall–Kier alpha value is -1.58. The number of ether oxygens (including phenoxy) is 6. The molecule has 2 saturated heterocycles. The lowest BCUT2D eigenvalue weighted by Gasteiger charge is -2.17. The Kier molecular flexibility index (Phi) is 8.59. The molecule has 0 bridgehead atoms. The van der Waals surface area contributed by atoms with Crippen molar-refractivity contribution in [3.63, 3.8) is 0 Å². The van der Waals surface area contributed by atoms with Gasteiger partial charge in [0.15, 0.2) is 5.78 Å². The van der Waals surface area contributed by atoms with Crippen molar-refractivity contribution in [2.75, 3.05) is 46.2 Å². The van der Waals surface area contributed by atoms with Crippen molar-refractivity contribution in [2.24, 2.45) is 0 Å². The van der Waals surface area contributed by atoms with Crippen LogP contribution in [0.2, 0.25) is 0 Å². The number of hydrogen-bond acceptors (Lipinski definition) is 8. The Bertz CT molecular complexity index is 558. The lowest BCUT2D eigenvalue weighted by Crippen LogP contribution is -2.35. The van der Waals surface area contributed by atoms with Crippen molar-refractivity contribution in [3.05, 3.63) is 24.3 Å². The van der Waals surface area contributed by atoms with Crippen molar-refractivity contribution >= 4 is 11.8 Å². The van der Waals surface area contributed by atoms with Crippen LogP contribution in [0.4, 0.5) is 0 Å². The molecule has 0 unspecified atom stereocenters. The summed E-state index contributed by atoms with van der Waals surface area (Å²) in [4.78, 5) is 22.7. The Morgan fingerprint density at radius 1 is 0.889 bits per heavy atom. The Labute approximate surface area is 159 Å². The number of Topliss-reactive ketones (excluding diaryl/α,β-unsaturated/α-hetero) is 1. The number of carbonyl (C=O) groups is 2. The Balaban J connectivity index is 1.60. The monoisotopic (exact) mass is 384 g/mol. The van der Waals surface area contributed by atoms with Crippen molar-refractivity contribution in [1.29, 1.82) is 0 Å². The van der Waals surface area contributed by atoms with E-state index in [1.165, 1.54) is 0 Å². The van der Waals surface area contributed by atoms with Crippen LogP contribution in [0.3, 0.4) is 0 Å². The molecule has 2 heterocycles. The van der Waals surface area contributed by atoms with Crippen LogP contribution in [0.15, 0.2) is 24.3 Å². The van der Waals surface area contributed by atoms with E-state index in [0.29, 0.717) is 37.6 Å². The summed E-state index contributed by atoms with van der Waals surface area (Å²) in [5.41, 5.74) is 0.828. The third-order valence-electron chi connectivity index (χ3n) is 4.23. The van der Waals surface area contributed by atoms with E-state index in [1.807, 2.05) is 0 Å². The fraction of sp³-hybridized carbons (Fsp3) is 0.684. The molecule has 2 aliphatic heterocycles. The molecule has 2 rings (SSSR count). The smallest absolute Gasteiger partial charge is 0.333 e. The predicted octanol–water partition coefficient (Wildman–Crippen LogP) is 0.835. The van der Waals surface area contributed by atoms with Crippen LogP contribution in [0.1, 0.15) is 13.8 Å². The largest absolute Gasteiger partial charge is 0.460 e. The standard InChI is InChI=1S/C19H28O8/c1-12(2)14(20)9-22-5-6-23-15-10-26-18-16(11-27-17(15)18)24-7-8-25-19(21)13(3)4/h15-18H,1,3,5-11H2,2,4H3/t15-,16+,17-,18-/m1/s1. The molecule has 0 aromatic carbocycles. The van der Waals surface area contributed by atoms with Gasteiger partial charge in [0.25, 0.3) is 0 Å². The van der Waals surface area contributed by atoms with Gasteiger partial charge in [-0.2, -0.15) is 0 Å². The summed E-state index contributed by atoms with van der Waals surface area (Å²) < 4.78 is 33.2. The average molecular weight is 384 g/mol. The van der Waals surface area contributed by atoms with E-state index in [0.717, 1.165) is 0 Å². The summed E-state index contributed by atoms with van der Waals surface area (Å²) in [6, 6.07) is 0. The second-order valence-corrected chi connectivity index (χ2v) is 6.59. The first-order valence-electron chi connectivity index (χ1n) is 8.95. The van der Waals surface area contributed by atoms with Crippen LogP contribution in [0, 0.1) is 0 Å². The number of hydrogen-bond donors (Lipinski definition) is 0. The highest BCUT2D eigenvalue weighted by Gasteiger charge is 2.48. The average Bonchev–Trinajstić information content (AvgIpc) is 3.20. The zero-order valence-electron chi connectivity index (χ0n) is 15.9. The highest BCUT2D eigenvalue weighted by atomic mass is 16.6. The third-order valence-corrected chi connectivity index (χ3v) is 4.23. The summed E-state index contributed by atoms with van der Waals surface area (Å²) in [5.74, 6) is -0.552. The summed E-state index contributed by atoms with van der Waals surface area (Å²) in [6.45, 7) is 12.2. The van der Waals surface area contributed by atoms with Crippen LogP contribution in [0.25, 0.3) is 0 Å². The maximum Gasteiger partial charge on any atom is 0.333 e. The minimum absolute atomic E-state index is 0.00821. The molecule has 8 heteroatoms. The van der Waals surface area contributed by atoms with Gasteiger partial charge >= 0.3 is 5.97 Å². The molecule has 0 aliphatic carbocycles. The highest BCUT2D eigenvalue weighted by molar-refractivity contribution is 5.95. The molecule has 4 atom stereocenters. The molecule has 0 amide bonds. The molecule has 0 aromatic rings. The van der Waals surface area contributed by atoms with Crippen molar-refractivity contribution in [3.8, 4) is 0 Å². The van der Waals surface area contributed by atoms with E-state index in [-0.39, 0.29) is 50.0 Å². The van der Waals surface area contributed by atoms with E-state index >= 15 is 0 Å². The Morgan fingerprint density at radius 2 is 1.44 bits per heavy atom. The second kappa shape index (κ2) is 10.7. The quantitative estimate of drug-likeness (QED) is 0.278. The van der Waals surface area contributed by atoms with Gasteiger partial charge in [-0.05, 0) is 19.4 Å². The molecule has 0 spiro atoms. The van der Waals surface area contributed by atoms with Gasteiger partial charge in [-0.1, -0.05) is 13.2 Å². The van der Waals surface area contributed by atoms with E-state index in [2.05, 4.69) is 13.2 Å². The highest BCUT2D eigenvalue weighted by Crippen LogP contribution is 2.30. The Morgan fingerprint density at radius 3 is 1.96 bits per heavy atom. The minimum atomic E-state index is -0.433. The lowest BCUT2D eigenvalue weighted by atomic mass is 10.1. The van der Waals surface area contributed by atoms with Crippen molar-refractivity contribution < 1.29 is 38.0 Å². The maximum absolute atomic E-state index is 11.4. The van der Waals surface area contributed by atoms with Crippen LogP contribution in [-0.2, 0) is 38.0 Å². The molecule has 0 N–H and O–H groups in total. The molecule has 152 valence electrons. The molecule has 0 radical (unpaired) electrons. The summed E-state index contributed by atoms with van der Waals surface area (Å²) in [5, 5.41) is 0. The van der Waals surface area contributed by atoms with E-state index in [1.54, 1.807) is 13.8 Å².